The van der Waals surface area contributed by atoms with Crippen molar-refractivity contribution in [2.24, 2.45) is 94.7 Å². The molecule has 0 aromatic rings. The van der Waals surface area contributed by atoms with Crippen molar-refractivity contribution >= 4 is 272 Å². The van der Waals surface area contributed by atoms with Gasteiger partial charge in [0.05, 0.1) is 94.7 Å². The minimum atomic E-state index is -4.96. The van der Waals surface area contributed by atoms with Gasteiger partial charge in [0.1, 0.15) is 15.1 Å². The number of rotatable bonds is 62. The molecule has 28 atom stereocenters. The van der Waals surface area contributed by atoms with Crippen molar-refractivity contribution in [1.82, 2.24) is 0 Å². The number of aliphatic carboxylic acids is 8. The average Bonchev–Trinajstić information content (AvgIpc) is 1.12. The molecule has 4 aliphatic heterocycles. The molecule has 8 N–H and O–H groups in total. The number of hydrogen-bond donors (Lipinski definition) is 8. The van der Waals surface area contributed by atoms with Crippen LogP contribution in [0.5, 0.6) is 0 Å². The fraction of sp³-hybridized carbons (Fsp3) is 0.789. The van der Waals surface area contributed by atoms with Gasteiger partial charge in [0.15, 0.2) is 0 Å². The predicted octanol–water partition coefficient (Wildman–Crippen LogP) is 11.8. The van der Waals surface area contributed by atoms with Crippen LogP contribution in [-0.2, 0) is 139 Å². The van der Waals surface area contributed by atoms with E-state index in [0.717, 1.165) is 13.8 Å². The summed E-state index contributed by atoms with van der Waals surface area (Å²) in [4.78, 5) is 215. The van der Waals surface area contributed by atoms with E-state index < -0.39 is 300 Å². The van der Waals surface area contributed by atoms with Crippen LogP contribution in [0.1, 0.15) is 190 Å². The molecule has 0 spiro atoms. The first-order valence-corrected chi connectivity index (χ1v) is 62.9. The Hall–Kier alpha value is -2.31. The maximum absolute atomic E-state index is 14.1. The number of carboxylic acid groups (broad SMARTS) is 8. The van der Waals surface area contributed by atoms with Gasteiger partial charge in [-0.05, 0) is 117 Å². The SMILES string of the molecule is [B]P(I)C(C)(CC(C(=O)O)C(C(=O)O)C(CC)[Si](OCC)(OCC)O[Si](OCC)(OCC)C(CC)C(C(=O)O)C(CC(C)(P[B]I)C(C(=O)O)C(C)C(=O)O)C(=O)O)C(C(=O)O)C(C)C(=O)O.[B]P(I)C(C)(CC1C(=O)OC(=O)C1C(CC)[Si](OCC)(OCC)O[Si](OCC)(OCC)C(CC)C1C(=O)OC(=O)C1CC(C)(P[B]I)C1C(=O)OC(=O)C1C)C1C(=O)OC(=O)C1C. The first kappa shape index (κ1) is 122. The second-order valence-corrected chi connectivity index (χ2v) is 61.2. The van der Waals surface area contributed by atoms with E-state index in [1.807, 2.05) is 49.3 Å². The van der Waals surface area contributed by atoms with Crippen LogP contribution in [0.15, 0.2) is 0 Å². The van der Waals surface area contributed by atoms with Crippen molar-refractivity contribution in [2.75, 3.05) is 52.9 Å². The van der Waals surface area contributed by atoms with E-state index in [-0.39, 0.29) is 99.8 Å². The lowest BCUT2D eigenvalue weighted by atomic mass is 9.74. The summed E-state index contributed by atoms with van der Waals surface area (Å²) >= 11 is 7.56. The molecule has 4 saturated heterocycles. The number of carbonyl (C=O) groups excluding carboxylic acids is 8. The monoisotopic (exact) mass is 2430 g/mol. The lowest BCUT2D eigenvalue weighted by Gasteiger charge is -2.48. The Kier molecular flexibility index (Phi) is 50.0. The molecule has 54 heteroatoms. The van der Waals surface area contributed by atoms with Crippen LogP contribution < -0.4 is 0 Å². The van der Waals surface area contributed by atoms with Crippen molar-refractivity contribution in [2.45, 2.75) is 233 Å². The molecule has 0 amide bonds. The van der Waals surface area contributed by atoms with Crippen molar-refractivity contribution in [3.8, 4) is 0 Å². The minimum Gasteiger partial charge on any atom is -0.481 e. The van der Waals surface area contributed by atoms with Gasteiger partial charge in [-0.3, -0.25) is 76.7 Å². The molecule has 4 rings (SSSR count). The van der Waals surface area contributed by atoms with Crippen LogP contribution >= 0.6 is 117 Å². The quantitative estimate of drug-likeness (QED) is 0.00700. The number of esters is 8. The minimum absolute atomic E-state index is 0.00277. The maximum atomic E-state index is 14.1. The molecule has 28 unspecified atom stereocenters. The molecule has 0 bridgehead atoms. The van der Waals surface area contributed by atoms with Crippen molar-refractivity contribution in [1.29, 1.82) is 0 Å². The van der Waals surface area contributed by atoms with E-state index in [9.17, 15) is 118 Å². The summed E-state index contributed by atoms with van der Waals surface area (Å²) < 4.78 is 87.1. The zero-order chi connectivity index (χ0) is 100.0. The first-order valence-electron chi connectivity index (χ1n) is 42.7. The topological polar surface area (TPSA) is 564 Å². The number of cyclic esters (lactones) is 8. The van der Waals surface area contributed by atoms with Crippen molar-refractivity contribution in [3.63, 3.8) is 0 Å². The van der Waals surface area contributed by atoms with E-state index in [1.165, 1.54) is 60.2 Å². The Morgan fingerprint density at radius 1 is 0.415 bits per heavy atom. The maximum Gasteiger partial charge on any atom is 0.497 e. The highest BCUT2D eigenvalue weighted by Crippen LogP contribution is 2.66. The highest BCUT2D eigenvalue weighted by Gasteiger charge is 2.72. The normalized spacial score (nSPS) is 24.6. The van der Waals surface area contributed by atoms with Crippen LogP contribution in [0.3, 0.4) is 0 Å². The smallest absolute Gasteiger partial charge is 0.481 e. The molecule has 4 heterocycles. The number of carbonyl (C=O) groups is 16. The van der Waals surface area contributed by atoms with Crippen molar-refractivity contribution < 1.29 is 180 Å². The standard InChI is InChI=1S/C38H65B2I2O21P2Si2.C38H57B2I2O17P2Si2/c1-11-23(25(33(51)52)21(31(47)48)17-37(9,64-40-41)27(35(55)56)19(7)29(43)44)66(59-13-3,60-14-4)63-67(61-15-5,62-16-6)24(12-2)26(34(53)54)22(32(49)50)18-38(10,65(39)42)28(36(57)58)20(8)30(45)46;1-11-23(25-21(31(45)57-33(25)47)17-37(9,60-40-41)27-19(7)29(43)55-35(27)49)62(51-13-3,52-14-4)59-63(53-15-5,54-16-6)24(12-2)26-22(32(46)58-34(26)48)18-38(10,61(39)42)28-20(8)30(44)56-36(28)50/h19-28,64H,11-18H2,1-10H3,(H,43,44)(H,45,46)(H,47,48)(H,49,50)(H,51,52)(H,53,54)(H,55,56)(H,57,58);19-28,60H,11-18H2,1-10H3. The molecule has 0 aromatic heterocycles. The van der Waals surface area contributed by atoms with Gasteiger partial charge in [-0.15, -0.1) is 16.9 Å². The third kappa shape index (κ3) is 27.7. The zero-order valence-corrected chi connectivity index (χ0v) is 92.8. The lowest BCUT2D eigenvalue weighted by molar-refractivity contribution is -0.158. The average molecular weight is 2430 g/mol. The summed E-state index contributed by atoms with van der Waals surface area (Å²) in [6.45, 7) is 29.8. The van der Waals surface area contributed by atoms with Crippen LogP contribution in [0.2, 0.25) is 22.2 Å². The summed E-state index contributed by atoms with van der Waals surface area (Å²) in [6.07, 6.45) is -1.87. The third-order valence-electron chi connectivity index (χ3n) is 25.1. The van der Waals surface area contributed by atoms with Crippen LogP contribution in [0, 0.1) is 94.7 Å². The predicted molar refractivity (Wildman–Crippen MR) is 520 cm³/mol. The van der Waals surface area contributed by atoms with Gasteiger partial charge in [-0.2, -0.15) is 44.7 Å². The molecular formula is C76H122B4I4O38P4Si4. The van der Waals surface area contributed by atoms with Gasteiger partial charge < -0.3 is 103 Å². The van der Waals surface area contributed by atoms with Gasteiger partial charge >= 0.3 is 131 Å². The summed E-state index contributed by atoms with van der Waals surface area (Å²) in [5.41, 5.74) is -8.78. The zero-order valence-electron chi connectivity index (χ0n) is 76.4. The van der Waals surface area contributed by atoms with Gasteiger partial charge in [-0.25, -0.2) is 0 Å². The van der Waals surface area contributed by atoms with Gasteiger partial charge in [0.2, 0.25) is 9.71 Å². The largest absolute Gasteiger partial charge is 0.497 e. The second-order valence-electron chi connectivity index (χ2n) is 32.9. The summed E-state index contributed by atoms with van der Waals surface area (Å²) in [7, 11) is -6.30. The Labute approximate surface area is 825 Å². The Bertz CT molecular complexity index is 3980. The first-order chi connectivity index (χ1) is 60.5. The number of ether oxygens (including phenoxy) is 4. The number of halogens is 4. The fourth-order valence-electron chi connectivity index (χ4n) is 19.3. The Balaban J connectivity index is 0.000000671. The second kappa shape index (κ2) is 53.3. The summed E-state index contributed by atoms with van der Waals surface area (Å²) in [5.74, 6) is -42.4. The Morgan fingerprint density at radius 3 is 1.01 bits per heavy atom. The van der Waals surface area contributed by atoms with E-state index in [2.05, 4.69) is 22.4 Å². The molecule has 4 fully saturated rings. The lowest BCUT2D eigenvalue weighted by Crippen LogP contribution is -2.66. The van der Waals surface area contributed by atoms with Gasteiger partial charge in [0.25, 0.3) is 0 Å². The highest BCUT2D eigenvalue weighted by molar-refractivity contribution is 14.2. The molecule has 38 nitrogen and oxygen atoms in total. The van der Waals surface area contributed by atoms with Crippen LogP contribution in [-0.4, -0.2) is 270 Å². The Morgan fingerprint density at radius 2 is 0.731 bits per heavy atom. The highest BCUT2D eigenvalue weighted by atomic mass is 127. The van der Waals surface area contributed by atoms with Crippen LogP contribution in [0.4, 0.5) is 0 Å². The summed E-state index contributed by atoms with van der Waals surface area (Å²) in [5, 5.41) is 79.0. The van der Waals surface area contributed by atoms with E-state index in [1.54, 1.807) is 91.3 Å². The molecule has 0 aliphatic carbocycles. The van der Waals surface area contributed by atoms with Gasteiger partial charge in [-0.1, -0.05) is 138 Å². The van der Waals surface area contributed by atoms with Gasteiger partial charge in [0, 0.05) is 85.3 Å². The van der Waals surface area contributed by atoms with E-state index in [4.69, 9.17) is 77.7 Å². The number of hydrogen-bond acceptors (Lipinski definition) is 30. The molecule has 4 aliphatic rings. The number of carboxylic acids is 8. The molecule has 0 saturated carbocycles. The van der Waals surface area contributed by atoms with Crippen LogP contribution in [0.25, 0.3) is 0 Å². The fourth-order valence-corrected chi connectivity index (χ4v) is 48.8. The molecule has 730 valence electrons. The molecule has 130 heavy (non-hydrogen) atoms. The molecular weight excluding hydrogens is 2310 g/mol. The molecule has 0 aromatic carbocycles. The molecule has 6 radical (unpaired) electrons. The van der Waals surface area contributed by atoms with Crippen molar-refractivity contribution in [3.05, 3.63) is 0 Å². The third-order valence-corrected chi connectivity index (χ3v) is 55.8. The summed E-state index contributed by atoms with van der Waals surface area (Å²) in [6, 6.07) is 0. The van der Waals surface area contributed by atoms with E-state index in [0.29, 0.717) is 0 Å². The van der Waals surface area contributed by atoms with E-state index >= 15 is 0 Å².